The molecule has 0 aliphatic heterocycles. The number of ketones is 1. The predicted molar refractivity (Wildman–Crippen MR) is 62.7 cm³/mol. The Morgan fingerprint density at radius 3 is 2.60 bits per heavy atom. The molecule has 1 fully saturated rings. The first kappa shape index (κ1) is 10.7. The number of hydrogen-bond donors (Lipinski definition) is 0. The van der Waals surface area contributed by atoms with Crippen LogP contribution in [0.4, 0.5) is 0 Å². The molecule has 1 heteroatoms. The zero-order valence-corrected chi connectivity index (χ0v) is 9.37. The summed E-state index contributed by atoms with van der Waals surface area (Å²) in [5.74, 6) is 1.08. The van der Waals surface area contributed by atoms with Crippen molar-refractivity contribution in [3.8, 4) is 0 Å². The molecule has 0 heterocycles. The highest BCUT2D eigenvalue weighted by Gasteiger charge is 2.11. The Balaban J connectivity index is 1.89. The largest absolute Gasteiger partial charge is 0.295 e. The molecule has 2 aliphatic rings. The Bertz CT molecular complexity index is 280. The van der Waals surface area contributed by atoms with Gasteiger partial charge >= 0.3 is 0 Å². The van der Waals surface area contributed by atoms with Crippen LogP contribution in [0.5, 0.6) is 0 Å². The standard InChI is InChI=1S/C14H20O/c15-14-8-4-7-13(11-14)10-9-12-5-2-1-3-6-12/h9-12H,1-8H2/b10-9+. The molecule has 0 unspecified atom stereocenters. The average molecular weight is 204 g/mol. The minimum absolute atomic E-state index is 0.310. The molecule has 0 aromatic heterocycles. The van der Waals surface area contributed by atoms with Gasteiger partial charge in [-0.1, -0.05) is 31.4 Å². The van der Waals surface area contributed by atoms with E-state index in [1.165, 1.54) is 37.7 Å². The van der Waals surface area contributed by atoms with Crippen molar-refractivity contribution in [2.45, 2.75) is 51.4 Å². The number of carbonyl (C=O) groups is 1. The Hall–Kier alpha value is -0.850. The van der Waals surface area contributed by atoms with Crippen LogP contribution in [0, 0.1) is 5.92 Å². The highest BCUT2D eigenvalue weighted by atomic mass is 16.1. The lowest BCUT2D eigenvalue weighted by molar-refractivity contribution is -0.115. The summed E-state index contributed by atoms with van der Waals surface area (Å²) < 4.78 is 0. The van der Waals surface area contributed by atoms with E-state index < -0.39 is 0 Å². The van der Waals surface area contributed by atoms with Gasteiger partial charge in [0, 0.05) is 6.42 Å². The quantitative estimate of drug-likeness (QED) is 0.668. The molecule has 0 N–H and O–H groups in total. The Morgan fingerprint density at radius 1 is 1.07 bits per heavy atom. The van der Waals surface area contributed by atoms with Crippen LogP contribution < -0.4 is 0 Å². The van der Waals surface area contributed by atoms with E-state index in [4.69, 9.17) is 0 Å². The summed E-state index contributed by atoms with van der Waals surface area (Å²) in [6, 6.07) is 0. The summed E-state index contributed by atoms with van der Waals surface area (Å²) in [6.45, 7) is 0. The molecular formula is C14H20O. The van der Waals surface area contributed by atoms with Gasteiger partial charge in [-0.3, -0.25) is 4.79 Å². The predicted octanol–water partition coefficient (Wildman–Crippen LogP) is 3.80. The zero-order chi connectivity index (χ0) is 10.5. The molecule has 15 heavy (non-hydrogen) atoms. The van der Waals surface area contributed by atoms with E-state index in [2.05, 4.69) is 12.2 Å². The fourth-order valence-electron chi connectivity index (χ4n) is 2.54. The molecule has 82 valence electrons. The van der Waals surface area contributed by atoms with Crippen molar-refractivity contribution in [2.24, 2.45) is 5.92 Å². The number of allylic oxidation sites excluding steroid dienone is 4. The molecular weight excluding hydrogens is 184 g/mol. The number of rotatable bonds is 2. The third-order valence-corrected chi connectivity index (χ3v) is 3.47. The first-order chi connectivity index (χ1) is 7.34. The monoisotopic (exact) mass is 204 g/mol. The molecule has 0 radical (unpaired) electrons. The van der Waals surface area contributed by atoms with Crippen LogP contribution in [0.2, 0.25) is 0 Å². The van der Waals surface area contributed by atoms with E-state index >= 15 is 0 Å². The summed E-state index contributed by atoms with van der Waals surface area (Å²) in [4.78, 5) is 11.2. The number of hydrogen-bond acceptors (Lipinski definition) is 1. The van der Waals surface area contributed by atoms with E-state index in [0.717, 1.165) is 25.2 Å². The van der Waals surface area contributed by atoms with E-state index in [1.807, 2.05) is 6.08 Å². The molecule has 0 aromatic rings. The zero-order valence-electron chi connectivity index (χ0n) is 9.37. The molecule has 1 saturated carbocycles. The van der Waals surface area contributed by atoms with Gasteiger partial charge in [0.25, 0.3) is 0 Å². The van der Waals surface area contributed by atoms with E-state index in [0.29, 0.717) is 5.78 Å². The second-order valence-electron chi connectivity index (χ2n) is 4.80. The maximum Gasteiger partial charge on any atom is 0.155 e. The molecule has 0 spiro atoms. The van der Waals surface area contributed by atoms with Crippen molar-refractivity contribution in [2.75, 3.05) is 0 Å². The summed E-state index contributed by atoms with van der Waals surface area (Å²) >= 11 is 0. The van der Waals surface area contributed by atoms with Crippen LogP contribution in [-0.2, 0) is 4.79 Å². The highest BCUT2D eigenvalue weighted by Crippen LogP contribution is 2.26. The second kappa shape index (κ2) is 5.29. The van der Waals surface area contributed by atoms with Crippen molar-refractivity contribution in [3.05, 3.63) is 23.8 Å². The van der Waals surface area contributed by atoms with Gasteiger partial charge in [0.2, 0.25) is 0 Å². The summed E-state index contributed by atoms with van der Waals surface area (Å²) in [5, 5.41) is 0. The molecule has 0 bridgehead atoms. The lowest BCUT2D eigenvalue weighted by Crippen LogP contribution is -2.04. The fourth-order valence-corrected chi connectivity index (χ4v) is 2.54. The molecule has 0 aromatic carbocycles. The van der Waals surface area contributed by atoms with Gasteiger partial charge in [-0.05, 0) is 43.3 Å². The maximum atomic E-state index is 11.2. The van der Waals surface area contributed by atoms with Gasteiger partial charge in [0.1, 0.15) is 0 Å². The topological polar surface area (TPSA) is 17.1 Å². The minimum Gasteiger partial charge on any atom is -0.295 e. The molecule has 2 aliphatic carbocycles. The van der Waals surface area contributed by atoms with Crippen LogP contribution in [0.1, 0.15) is 51.4 Å². The number of carbonyl (C=O) groups excluding carboxylic acids is 1. The van der Waals surface area contributed by atoms with Crippen molar-refractivity contribution in [1.29, 1.82) is 0 Å². The smallest absolute Gasteiger partial charge is 0.155 e. The molecule has 0 atom stereocenters. The third-order valence-electron chi connectivity index (χ3n) is 3.47. The Kier molecular flexibility index (Phi) is 3.76. The second-order valence-corrected chi connectivity index (χ2v) is 4.80. The summed E-state index contributed by atoms with van der Waals surface area (Å²) in [7, 11) is 0. The molecule has 0 amide bonds. The first-order valence-electron chi connectivity index (χ1n) is 6.26. The van der Waals surface area contributed by atoms with Gasteiger partial charge in [-0.25, -0.2) is 0 Å². The third kappa shape index (κ3) is 3.33. The van der Waals surface area contributed by atoms with Gasteiger partial charge in [0.15, 0.2) is 5.78 Å². The van der Waals surface area contributed by atoms with Crippen LogP contribution in [0.15, 0.2) is 23.8 Å². The van der Waals surface area contributed by atoms with E-state index in [1.54, 1.807) is 0 Å². The minimum atomic E-state index is 0.310. The van der Waals surface area contributed by atoms with Gasteiger partial charge in [-0.15, -0.1) is 0 Å². The van der Waals surface area contributed by atoms with Crippen LogP contribution in [-0.4, -0.2) is 5.78 Å². The van der Waals surface area contributed by atoms with Crippen molar-refractivity contribution in [1.82, 2.24) is 0 Å². The Morgan fingerprint density at radius 2 is 1.87 bits per heavy atom. The van der Waals surface area contributed by atoms with Crippen molar-refractivity contribution >= 4 is 5.78 Å². The van der Waals surface area contributed by atoms with E-state index in [9.17, 15) is 4.79 Å². The van der Waals surface area contributed by atoms with Crippen LogP contribution in [0.25, 0.3) is 0 Å². The van der Waals surface area contributed by atoms with Crippen LogP contribution in [0.3, 0.4) is 0 Å². The first-order valence-corrected chi connectivity index (χ1v) is 6.26. The van der Waals surface area contributed by atoms with Crippen molar-refractivity contribution < 1.29 is 4.79 Å². The highest BCUT2D eigenvalue weighted by molar-refractivity contribution is 5.91. The van der Waals surface area contributed by atoms with Crippen molar-refractivity contribution in [3.63, 3.8) is 0 Å². The SMILES string of the molecule is O=C1C=C(/C=C/C2CCCCC2)CCC1. The molecule has 2 rings (SSSR count). The van der Waals surface area contributed by atoms with E-state index in [-0.39, 0.29) is 0 Å². The lowest BCUT2D eigenvalue weighted by atomic mass is 9.88. The molecule has 0 saturated heterocycles. The van der Waals surface area contributed by atoms with Crippen LogP contribution >= 0.6 is 0 Å². The Labute approximate surface area is 92.3 Å². The summed E-state index contributed by atoms with van der Waals surface area (Å²) in [6.07, 6.45) is 16.1. The van der Waals surface area contributed by atoms with Gasteiger partial charge < -0.3 is 0 Å². The maximum absolute atomic E-state index is 11.2. The van der Waals surface area contributed by atoms with Gasteiger partial charge in [0.05, 0.1) is 0 Å². The molecule has 1 nitrogen and oxygen atoms in total. The fraction of sp³-hybridized carbons (Fsp3) is 0.643. The van der Waals surface area contributed by atoms with Gasteiger partial charge in [-0.2, -0.15) is 0 Å². The lowest BCUT2D eigenvalue weighted by Gasteiger charge is -2.18. The summed E-state index contributed by atoms with van der Waals surface area (Å²) in [5.41, 5.74) is 1.25. The normalized spacial score (nSPS) is 24.5. The average Bonchev–Trinajstić information content (AvgIpc) is 2.28.